The SMILES string of the molecule is C=C(C(=O)OC)C(O)c1cccc(-c2ccccc2)n1. The number of methoxy groups -OCH3 is 1. The van der Waals surface area contributed by atoms with Crippen molar-refractivity contribution in [3.05, 3.63) is 66.4 Å². The summed E-state index contributed by atoms with van der Waals surface area (Å²) in [4.78, 5) is 15.7. The molecule has 0 aliphatic rings. The molecule has 0 saturated carbocycles. The molecule has 0 radical (unpaired) electrons. The van der Waals surface area contributed by atoms with Crippen LogP contribution in [0.4, 0.5) is 0 Å². The molecule has 0 saturated heterocycles. The van der Waals surface area contributed by atoms with Crippen molar-refractivity contribution in [1.82, 2.24) is 4.98 Å². The lowest BCUT2D eigenvalue weighted by molar-refractivity contribution is -0.137. The quantitative estimate of drug-likeness (QED) is 0.684. The van der Waals surface area contributed by atoms with E-state index < -0.39 is 12.1 Å². The van der Waals surface area contributed by atoms with Crippen LogP contribution in [-0.2, 0) is 9.53 Å². The van der Waals surface area contributed by atoms with Crippen LogP contribution in [0.3, 0.4) is 0 Å². The number of carbonyl (C=O) groups excluding carboxylic acids is 1. The zero-order chi connectivity index (χ0) is 14.5. The summed E-state index contributed by atoms with van der Waals surface area (Å²) in [6, 6.07) is 14.8. The van der Waals surface area contributed by atoms with Crippen molar-refractivity contribution in [2.45, 2.75) is 6.10 Å². The second kappa shape index (κ2) is 6.12. The van der Waals surface area contributed by atoms with E-state index >= 15 is 0 Å². The van der Waals surface area contributed by atoms with E-state index in [2.05, 4.69) is 16.3 Å². The Kier molecular flexibility index (Phi) is 4.27. The molecule has 0 amide bonds. The number of aromatic nitrogens is 1. The van der Waals surface area contributed by atoms with E-state index in [1.165, 1.54) is 7.11 Å². The summed E-state index contributed by atoms with van der Waals surface area (Å²) in [5.74, 6) is -0.649. The molecule has 4 nitrogen and oxygen atoms in total. The largest absolute Gasteiger partial charge is 0.466 e. The average molecular weight is 269 g/mol. The highest BCUT2D eigenvalue weighted by molar-refractivity contribution is 5.88. The van der Waals surface area contributed by atoms with E-state index in [-0.39, 0.29) is 5.57 Å². The first kappa shape index (κ1) is 14.0. The molecule has 0 fully saturated rings. The molecule has 1 aromatic heterocycles. The number of aliphatic hydroxyl groups excluding tert-OH is 1. The van der Waals surface area contributed by atoms with Gasteiger partial charge in [-0.25, -0.2) is 9.78 Å². The maximum Gasteiger partial charge on any atom is 0.336 e. The third-order valence-electron chi connectivity index (χ3n) is 2.90. The highest BCUT2D eigenvalue weighted by Gasteiger charge is 2.20. The van der Waals surface area contributed by atoms with E-state index in [1.54, 1.807) is 12.1 Å². The number of nitrogens with zero attached hydrogens (tertiary/aromatic N) is 1. The summed E-state index contributed by atoms with van der Waals surface area (Å²) >= 11 is 0. The summed E-state index contributed by atoms with van der Waals surface area (Å²) in [5.41, 5.74) is 1.98. The Morgan fingerprint density at radius 2 is 1.90 bits per heavy atom. The number of carbonyl (C=O) groups is 1. The van der Waals surface area contributed by atoms with Crippen molar-refractivity contribution in [1.29, 1.82) is 0 Å². The molecule has 4 heteroatoms. The number of hydrogen-bond acceptors (Lipinski definition) is 4. The number of benzene rings is 1. The van der Waals surface area contributed by atoms with E-state index in [0.717, 1.165) is 11.3 Å². The van der Waals surface area contributed by atoms with Gasteiger partial charge in [-0.05, 0) is 12.1 Å². The van der Waals surface area contributed by atoms with Crippen LogP contribution in [0.15, 0.2) is 60.7 Å². The van der Waals surface area contributed by atoms with E-state index in [0.29, 0.717) is 5.69 Å². The maximum absolute atomic E-state index is 11.4. The van der Waals surface area contributed by atoms with Gasteiger partial charge in [-0.1, -0.05) is 43.0 Å². The average Bonchev–Trinajstić information content (AvgIpc) is 2.53. The molecule has 20 heavy (non-hydrogen) atoms. The molecule has 0 bridgehead atoms. The fourth-order valence-electron chi connectivity index (χ4n) is 1.79. The minimum absolute atomic E-state index is 0.0368. The molecule has 2 aromatic rings. The van der Waals surface area contributed by atoms with Crippen LogP contribution < -0.4 is 0 Å². The van der Waals surface area contributed by atoms with Crippen molar-refractivity contribution in [3.63, 3.8) is 0 Å². The van der Waals surface area contributed by atoms with Gasteiger partial charge in [-0.3, -0.25) is 0 Å². The molecule has 0 spiro atoms. The second-order valence-electron chi connectivity index (χ2n) is 4.23. The Bertz CT molecular complexity index is 623. The molecular weight excluding hydrogens is 254 g/mol. The van der Waals surface area contributed by atoms with Crippen molar-refractivity contribution in [3.8, 4) is 11.3 Å². The second-order valence-corrected chi connectivity index (χ2v) is 4.23. The predicted molar refractivity (Wildman–Crippen MR) is 75.8 cm³/mol. The lowest BCUT2D eigenvalue weighted by atomic mass is 10.1. The summed E-state index contributed by atoms with van der Waals surface area (Å²) in [7, 11) is 1.24. The molecule has 1 atom stereocenters. The van der Waals surface area contributed by atoms with Crippen molar-refractivity contribution in [2.24, 2.45) is 0 Å². The summed E-state index contributed by atoms with van der Waals surface area (Å²) < 4.78 is 4.54. The number of esters is 1. The van der Waals surface area contributed by atoms with Crippen LogP contribution in [0.1, 0.15) is 11.8 Å². The standard InChI is InChI=1S/C16H15NO3/c1-11(16(19)20-2)15(18)14-10-6-9-13(17-14)12-7-4-3-5-8-12/h3-10,15,18H,1H2,2H3. The van der Waals surface area contributed by atoms with Crippen LogP contribution in [0, 0.1) is 0 Å². The van der Waals surface area contributed by atoms with Crippen LogP contribution in [-0.4, -0.2) is 23.2 Å². The van der Waals surface area contributed by atoms with Crippen molar-refractivity contribution >= 4 is 5.97 Å². The Balaban J connectivity index is 2.31. The van der Waals surface area contributed by atoms with Gasteiger partial charge in [0, 0.05) is 5.56 Å². The molecule has 1 unspecified atom stereocenters. The Hall–Kier alpha value is -2.46. The van der Waals surface area contributed by atoms with Crippen LogP contribution in [0.25, 0.3) is 11.3 Å². The normalized spacial score (nSPS) is 11.7. The molecular formula is C16H15NO3. The lowest BCUT2D eigenvalue weighted by Gasteiger charge is -2.12. The zero-order valence-electron chi connectivity index (χ0n) is 11.1. The smallest absolute Gasteiger partial charge is 0.336 e. The van der Waals surface area contributed by atoms with Gasteiger partial charge in [0.05, 0.1) is 24.1 Å². The third-order valence-corrected chi connectivity index (χ3v) is 2.90. The first-order chi connectivity index (χ1) is 9.63. The number of aliphatic hydroxyl groups is 1. The fourth-order valence-corrected chi connectivity index (χ4v) is 1.79. The van der Waals surface area contributed by atoms with Gasteiger partial charge in [-0.2, -0.15) is 0 Å². The van der Waals surface area contributed by atoms with Gasteiger partial charge in [0.25, 0.3) is 0 Å². The molecule has 1 heterocycles. The molecule has 2 rings (SSSR count). The van der Waals surface area contributed by atoms with Gasteiger partial charge < -0.3 is 9.84 Å². The minimum atomic E-state index is -1.17. The fraction of sp³-hybridized carbons (Fsp3) is 0.125. The molecule has 0 aliphatic heterocycles. The molecule has 1 aromatic carbocycles. The van der Waals surface area contributed by atoms with Gasteiger partial charge in [0.15, 0.2) is 0 Å². The third kappa shape index (κ3) is 2.92. The summed E-state index contributed by atoms with van der Waals surface area (Å²) in [6.07, 6.45) is -1.17. The summed E-state index contributed by atoms with van der Waals surface area (Å²) in [5, 5.41) is 10.1. The molecule has 0 aliphatic carbocycles. The van der Waals surface area contributed by atoms with Crippen LogP contribution in [0.2, 0.25) is 0 Å². The minimum Gasteiger partial charge on any atom is -0.466 e. The van der Waals surface area contributed by atoms with Gasteiger partial charge in [-0.15, -0.1) is 0 Å². The number of hydrogen-bond donors (Lipinski definition) is 1. The topological polar surface area (TPSA) is 59.4 Å². The highest BCUT2D eigenvalue weighted by atomic mass is 16.5. The Morgan fingerprint density at radius 1 is 1.20 bits per heavy atom. The summed E-state index contributed by atoms with van der Waals surface area (Å²) in [6.45, 7) is 3.54. The van der Waals surface area contributed by atoms with Gasteiger partial charge in [0.1, 0.15) is 6.10 Å². The predicted octanol–water partition coefficient (Wildman–Crippen LogP) is 2.51. The number of rotatable bonds is 4. The first-order valence-corrected chi connectivity index (χ1v) is 6.11. The Labute approximate surface area is 117 Å². The Morgan fingerprint density at radius 3 is 2.55 bits per heavy atom. The van der Waals surface area contributed by atoms with E-state index in [9.17, 15) is 9.90 Å². The molecule has 102 valence electrons. The highest BCUT2D eigenvalue weighted by Crippen LogP contribution is 2.23. The van der Waals surface area contributed by atoms with Crippen LogP contribution in [0.5, 0.6) is 0 Å². The van der Waals surface area contributed by atoms with E-state index in [4.69, 9.17) is 0 Å². The van der Waals surface area contributed by atoms with Gasteiger partial charge >= 0.3 is 5.97 Å². The van der Waals surface area contributed by atoms with Gasteiger partial charge in [0.2, 0.25) is 0 Å². The maximum atomic E-state index is 11.4. The van der Waals surface area contributed by atoms with Crippen LogP contribution >= 0.6 is 0 Å². The van der Waals surface area contributed by atoms with Crippen molar-refractivity contribution in [2.75, 3.05) is 7.11 Å². The van der Waals surface area contributed by atoms with Crippen molar-refractivity contribution < 1.29 is 14.6 Å². The lowest BCUT2D eigenvalue weighted by Crippen LogP contribution is -2.13. The number of pyridine rings is 1. The zero-order valence-corrected chi connectivity index (χ0v) is 11.1. The van der Waals surface area contributed by atoms with E-state index in [1.807, 2.05) is 36.4 Å². The monoisotopic (exact) mass is 269 g/mol. The number of ether oxygens (including phenoxy) is 1. The first-order valence-electron chi connectivity index (χ1n) is 6.11. The molecule has 1 N–H and O–H groups in total.